The minimum Gasteiger partial charge on any atom is -0.378 e. The molecule has 3 rings (SSSR count). The lowest BCUT2D eigenvalue weighted by Gasteiger charge is -2.44. The number of piperidine rings is 1. The van der Waals surface area contributed by atoms with Gasteiger partial charge in [0, 0.05) is 49.4 Å². The second kappa shape index (κ2) is 8.74. The second-order valence-electron chi connectivity index (χ2n) is 9.38. The van der Waals surface area contributed by atoms with Crippen molar-refractivity contribution in [2.45, 2.75) is 38.0 Å². The molecular weight excluding hydrogens is 410 g/mol. The van der Waals surface area contributed by atoms with Crippen LogP contribution in [0.15, 0.2) is 48.5 Å². The zero-order valence-corrected chi connectivity index (χ0v) is 19.4. The molecule has 0 amide bonds. The maximum Gasteiger partial charge on any atom is 0.243 e. The molecule has 4 atom stereocenters. The van der Waals surface area contributed by atoms with Gasteiger partial charge in [-0.15, -0.1) is 0 Å². The molecule has 0 aromatic heterocycles. The van der Waals surface area contributed by atoms with Gasteiger partial charge < -0.3 is 9.80 Å². The molecule has 172 valence electrons. The summed E-state index contributed by atoms with van der Waals surface area (Å²) in [5, 5.41) is 27.7. The lowest BCUT2D eigenvalue weighted by molar-refractivity contribution is -0.605. The Kier molecular flexibility index (Phi) is 6.41. The van der Waals surface area contributed by atoms with Crippen molar-refractivity contribution in [1.82, 2.24) is 5.32 Å². The summed E-state index contributed by atoms with van der Waals surface area (Å²) in [7, 11) is 7.69. The third kappa shape index (κ3) is 4.25. The highest BCUT2D eigenvalue weighted by Crippen LogP contribution is 2.47. The van der Waals surface area contributed by atoms with Gasteiger partial charge in [-0.05, 0) is 49.2 Å². The van der Waals surface area contributed by atoms with Crippen LogP contribution in [-0.4, -0.2) is 50.1 Å². The number of hydrogen-bond acceptors (Lipinski definition) is 7. The first-order valence-corrected chi connectivity index (χ1v) is 10.5. The van der Waals surface area contributed by atoms with Crippen LogP contribution in [0.25, 0.3) is 0 Å². The van der Waals surface area contributed by atoms with Crippen molar-refractivity contribution in [2.24, 2.45) is 5.41 Å². The largest absolute Gasteiger partial charge is 0.378 e. The summed E-state index contributed by atoms with van der Waals surface area (Å²) in [5.41, 5.74) is 2.22. The first-order valence-electron chi connectivity index (χ1n) is 10.5. The van der Waals surface area contributed by atoms with Crippen LogP contribution in [0.4, 0.5) is 11.4 Å². The molecule has 0 radical (unpaired) electrons. The minimum atomic E-state index is -1.20. The number of anilines is 2. The van der Waals surface area contributed by atoms with E-state index in [0.29, 0.717) is 0 Å². The van der Waals surface area contributed by atoms with Crippen LogP contribution < -0.4 is 15.1 Å². The summed E-state index contributed by atoms with van der Waals surface area (Å²) >= 11 is 0. The van der Waals surface area contributed by atoms with Crippen LogP contribution in [0.3, 0.4) is 0 Å². The van der Waals surface area contributed by atoms with E-state index < -0.39 is 29.6 Å². The van der Waals surface area contributed by atoms with Crippen LogP contribution in [0.5, 0.6) is 0 Å². The average molecular weight is 442 g/mol. The van der Waals surface area contributed by atoms with Gasteiger partial charge in [0.2, 0.25) is 12.1 Å². The quantitative estimate of drug-likeness (QED) is 0.540. The maximum atomic E-state index is 12.2. The standard InChI is InChI=1S/C23H31N5O4/c1-23(2)21(27(29)30)19(15-7-11-17(12-8-15)25(3)4)24-20(22(23)28(31)32)16-9-13-18(14-10-16)26(5)6/h7-14,19-22,24H,1-6H3/t19-,20-,21+,22+/m1/s1. The zero-order valence-electron chi connectivity index (χ0n) is 19.4. The van der Waals surface area contributed by atoms with Crippen molar-refractivity contribution in [3.8, 4) is 0 Å². The highest BCUT2D eigenvalue weighted by molar-refractivity contribution is 5.48. The summed E-state index contributed by atoms with van der Waals surface area (Å²) in [6.07, 6.45) is 0. The molecule has 1 N–H and O–H groups in total. The first-order chi connectivity index (χ1) is 14.9. The lowest BCUT2D eigenvalue weighted by atomic mass is 9.66. The van der Waals surface area contributed by atoms with Gasteiger partial charge in [-0.3, -0.25) is 25.5 Å². The Morgan fingerprint density at radius 2 is 1.03 bits per heavy atom. The Labute approximate surface area is 188 Å². The van der Waals surface area contributed by atoms with Gasteiger partial charge in [-0.2, -0.15) is 0 Å². The summed E-state index contributed by atoms with van der Waals surface area (Å²) in [6.45, 7) is 3.27. The second-order valence-corrected chi connectivity index (χ2v) is 9.38. The molecule has 1 aliphatic rings. The van der Waals surface area contributed by atoms with E-state index in [4.69, 9.17) is 0 Å². The van der Waals surface area contributed by atoms with Crippen LogP contribution in [0.2, 0.25) is 0 Å². The molecule has 0 unspecified atom stereocenters. The molecule has 1 saturated heterocycles. The summed E-state index contributed by atoms with van der Waals surface area (Å²) in [5.74, 6) is 0. The highest BCUT2D eigenvalue weighted by atomic mass is 16.6. The Hall–Kier alpha value is -3.20. The molecule has 32 heavy (non-hydrogen) atoms. The van der Waals surface area contributed by atoms with Crippen molar-refractivity contribution < 1.29 is 9.85 Å². The summed E-state index contributed by atoms with van der Waals surface area (Å²) in [6, 6.07) is 11.4. The van der Waals surface area contributed by atoms with E-state index in [9.17, 15) is 20.2 Å². The van der Waals surface area contributed by atoms with Crippen LogP contribution in [0.1, 0.15) is 37.1 Å². The molecule has 1 heterocycles. The van der Waals surface area contributed by atoms with Crippen LogP contribution in [-0.2, 0) is 0 Å². The fraction of sp³-hybridized carbons (Fsp3) is 0.478. The smallest absolute Gasteiger partial charge is 0.243 e. The van der Waals surface area contributed by atoms with E-state index in [0.717, 1.165) is 22.5 Å². The molecule has 0 bridgehead atoms. The average Bonchev–Trinajstić information content (AvgIpc) is 2.71. The Morgan fingerprint density at radius 1 is 0.719 bits per heavy atom. The van der Waals surface area contributed by atoms with Crippen molar-refractivity contribution in [3.05, 3.63) is 79.9 Å². The molecular formula is C23H31N5O4. The topological polar surface area (TPSA) is 105 Å². The Bertz CT molecular complexity index is 895. The van der Waals surface area contributed by atoms with E-state index in [1.807, 2.05) is 86.5 Å². The molecule has 9 nitrogen and oxygen atoms in total. The fourth-order valence-corrected chi connectivity index (χ4v) is 4.71. The Morgan fingerprint density at radius 3 is 1.28 bits per heavy atom. The monoisotopic (exact) mass is 441 g/mol. The van der Waals surface area contributed by atoms with Gasteiger partial charge in [-0.25, -0.2) is 0 Å². The number of nitro groups is 2. The SMILES string of the molecule is CN(C)c1ccc([C@H]2N[C@H](c3ccc(N(C)C)cc3)[C@H]([N+](=O)[O-])C(C)(C)[C@H]2[N+](=O)[O-])cc1. The summed E-state index contributed by atoms with van der Waals surface area (Å²) in [4.78, 5) is 27.5. The summed E-state index contributed by atoms with van der Waals surface area (Å²) < 4.78 is 0. The lowest BCUT2D eigenvalue weighted by Crippen LogP contribution is -2.63. The van der Waals surface area contributed by atoms with Crippen LogP contribution >= 0.6 is 0 Å². The van der Waals surface area contributed by atoms with Gasteiger partial charge >= 0.3 is 0 Å². The number of hydrogen-bond donors (Lipinski definition) is 1. The molecule has 0 saturated carbocycles. The van der Waals surface area contributed by atoms with Gasteiger partial charge in [-0.1, -0.05) is 24.3 Å². The molecule has 9 heteroatoms. The van der Waals surface area contributed by atoms with Crippen molar-refractivity contribution >= 4 is 11.4 Å². The predicted octanol–water partition coefficient (Wildman–Crippen LogP) is 3.52. The molecule has 1 aliphatic heterocycles. The van der Waals surface area contributed by atoms with Crippen molar-refractivity contribution in [3.63, 3.8) is 0 Å². The fourth-order valence-electron chi connectivity index (χ4n) is 4.71. The van der Waals surface area contributed by atoms with Gasteiger partial charge in [0.15, 0.2) is 0 Å². The van der Waals surface area contributed by atoms with Gasteiger partial charge in [0.1, 0.15) is 17.5 Å². The van der Waals surface area contributed by atoms with Crippen LogP contribution in [0, 0.1) is 25.6 Å². The predicted molar refractivity (Wildman–Crippen MR) is 126 cm³/mol. The van der Waals surface area contributed by atoms with Crippen molar-refractivity contribution in [2.75, 3.05) is 38.0 Å². The normalized spacial score (nSPS) is 24.6. The number of nitrogens with zero attached hydrogens (tertiary/aromatic N) is 4. The molecule has 0 spiro atoms. The van der Waals surface area contributed by atoms with Gasteiger partial charge in [0.25, 0.3) is 0 Å². The van der Waals surface area contributed by atoms with Gasteiger partial charge in [0.05, 0.1) is 0 Å². The number of benzene rings is 2. The number of rotatable bonds is 6. The number of nitrogens with one attached hydrogen (secondary N) is 1. The molecule has 2 aromatic carbocycles. The van der Waals surface area contributed by atoms with E-state index >= 15 is 0 Å². The molecule has 1 fully saturated rings. The third-order valence-corrected chi connectivity index (χ3v) is 6.51. The maximum absolute atomic E-state index is 12.2. The van der Waals surface area contributed by atoms with E-state index in [2.05, 4.69) is 5.32 Å². The third-order valence-electron chi connectivity index (χ3n) is 6.51. The van der Waals surface area contributed by atoms with E-state index in [-0.39, 0.29) is 9.85 Å². The Balaban J connectivity index is 2.10. The molecule has 2 aromatic rings. The first kappa shape index (κ1) is 23.5. The zero-order chi connectivity index (χ0) is 23.8. The van der Waals surface area contributed by atoms with E-state index in [1.54, 1.807) is 13.8 Å². The van der Waals surface area contributed by atoms with Crippen molar-refractivity contribution in [1.29, 1.82) is 0 Å². The molecule has 0 aliphatic carbocycles. The highest BCUT2D eigenvalue weighted by Gasteiger charge is 2.62. The minimum absolute atomic E-state index is 0.376. The van der Waals surface area contributed by atoms with E-state index in [1.165, 1.54) is 0 Å².